The van der Waals surface area contributed by atoms with Crippen LogP contribution in [-0.4, -0.2) is 27.3 Å². The van der Waals surface area contributed by atoms with Crippen molar-refractivity contribution in [2.24, 2.45) is 0 Å². The Hall–Kier alpha value is -4.10. The molecule has 0 bridgehead atoms. The minimum Gasteiger partial charge on any atom is -0.467 e. The van der Waals surface area contributed by atoms with E-state index in [1.54, 1.807) is 12.1 Å². The van der Waals surface area contributed by atoms with Gasteiger partial charge in [0.25, 0.3) is 11.8 Å². The van der Waals surface area contributed by atoms with Gasteiger partial charge >= 0.3 is 6.03 Å². The summed E-state index contributed by atoms with van der Waals surface area (Å²) < 4.78 is 7.29. The number of hydrogen-bond donors (Lipinski definition) is 1. The first-order chi connectivity index (χ1) is 16.0. The van der Waals surface area contributed by atoms with Crippen LogP contribution in [0.25, 0.3) is 17.0 Å². The molecule has 0 spiro atoms. The topological polar surface area (TPSA) is 84.6 Å². The van der Waals surface area contributed by atoms with Crippen molar-refractivity contribution in [2.45, 2.75) is 13.1 Å². The number of furan rings is 1. The summed E-state index contributed by atoms with van der Waals surface area (Å²) in [6, 6.07) is 17.8. The molecule has 1 fully saturated rings. The zero-order chi connectivity index (χ0) is 22.9. The van der Waals surface area contributed by atoms with Crippen LogP contribution in [0.3, 0.4) is 0 Å². The Bertz CT molecular complexity index is 1400. The van der Waals surface area contributed by atoms with Gasteiger partial charge in [-0.15, -0.1) is 0 Å². The summed E-state index contributed by atoms with van der Waals surface area (Å²) in [4.78, 5) is 38.8. The normalized spacial score (nSPS) is 15.5. The Morgan fingerprint density at radius 1 is 0.939 bits per heavy atom. The third-order valence-corrected chi connectivity index (χ3v) is 5.72. The standard InChI is InChI=1S/C25H18ClN3O4/c26-18-9-7-16(8-10-18)13-28-14-17(20-5-1-2-6-22(20)28)12-21-23(30)27-25(32)29(24(21)31)15-19-4-3-11-33-19/h1-12,14H,13,15H2,(H,27,30,32)/b21-12-. The number of amides is 4. The van der Waals surface area contributed by atoms with E-state index in [-0.39, 0.29) is 12.1 Å². The smallest absolute Gasteiger partial charge is 0.331 e. The molecule has 0 radical (unpaired) electrons. The number of nitrogens with one attached hydrogen (secondary N) is 1. The van der Waals surface area contributed by atoms with Crippen molar-refractivity contribution in [2.75, 3.05) is 0 Å². The number of urea groups is 1. The molecule has 5 rings (SSSR count). The zero-order valence-electron chi connectivity index (χ0n) is 17.3. The number of carbonyl (C=O) groups is 3. The number of imide groups is 2. The van der Waals surface area contributed by atoms with Crippen molar-refractivity contribution in [1.29, 1.82) is 0 Å². The van der Waals surface area contributed by atoms with E-state index in [1.165, 1.54) is 12.3 Å². The van der Waals surface area contributed by atoms with Crippen molar-refractivity contribution >= 4 is 46.4 Å². The SMILES string of the molecule is O=C1NC(=O)N(Cc2ccco2)C(=O)/C1=C\c1cn(Cc2ccc(Cl)cc2)c2ccccc12. The van der Waals surface area contributed by atoms with E-state index in [0.717, 1.165) is 21.4 Å². The summed E-state index contributed by atoms with van der Waals surface area (Å²) in [5, 5.41) is 3.79. The van der Waals surface area contributed by atoms with Crippen molar-refractivity contribution in [3.8, 4) is 0 Å². The maximum atomic E-state index is 13.1. The highest BCUT2D eigenvalue weighted by Crippen LogP contribution is 2.26. The molecular weight excluding hydrogens is 442 g/mol. The van der Waals surface area contributed by atoms with E-state index in [4.69, 9.17) is 16.0 Å². The number of para-hydroxylation sites is 1. The highest BCUT2D eigenvalue weighted by atomic mass is 35.5. The molecule has 7 nitrogen and oxygen atoms in total. The molecule has 2 aromatic heterocycles. The van der Waals surface area contributed by atoms with Crippen molar-refractivity contribution in [3.63, 3.8) is 0 Å². The maximum Gasteiger partial charge on any atom is 0.331 e. The lowest BCUT2D eigenvalue weighted by Gasteiger charge is -2.25. The van der Waals surface area contributed by atoms with Crippen LogP contribution in [0.2, 0.25) is 5.02 Å². The van der Waals surface area contributed by atoms with Gasteiger partial charge in [-0.2, -0.15) is 0 Å². The van der Waals surface area contributed by atoms with Crippen LogP contribution in [0.15, 0.2) is 83.1 Å². The number of barbiturate groups is 1. The van der Waals surface area contributed by atoms with Gasteiger partial charge in [-0.05, 0) is 42.0 Å². The average Bonchev–Trinajstić information content (AvgIpc) is 3.44. The number of benzene rings is 2. The van der Waals surface area contributed by atoms with Crippen molar-refractivity contribution in [3.05, 3.63) is 101 Å². The minimum absolute atomic E-state index is 0.0688. The number of fused-ring (bicyclic) bond motifs is 1. The van der Waals surface area contributed by atoms with Crippen LogP contribution in [0, 0.1) is 0 Å². The van der Waals surface area contributed by atoms with Crippen LogP contribution in [-0.2, 0) is 22.7 Å². The second kappa shape index (κ2) is 8.44. The molecule has 3 heterocycles. The Balaban J connectivity index is 1.52. The summed E-state index contributed by atoms with van der Waals surface area (Å²) >= 11 is 6.00. The van der Waals surface area contributed by atoms with E-state index in [1.807, 2.05) is 59.3 Å². The Morgan fingerprint density at radius 2 is 1.73 bits per heavy atom. The number of aromatic nitrogens is 1. The Labute approximate surface area is 193 Å². The highest BCUT2D eigenvalue weighted by Gasteiger charge is 2.36. The molecule has 1 aliphatic rings. The van der Waals surface area contributed by atoms with Crippen LogP contribution in [0.4, 0.5) is 4.79 Å². The van der Waals surface area contributed by atoms with Crippen molar-refractivity contribution in [1.82, 2.24) is 14.8 Å². The zero-order valence-corrected chi connectivity index (χ0v) is 18.1. The predicted molar refractivity (Wildman–Crippen MR) is 123 cm³/mol. The number of hydrogen-bond acceptors (Lipinski definition) is 4. The molecule has 0 saturated carbocycles. The van der Waals surface area contributed by atoms with Gasteiger partial charge in [-0.3, -0.25) is 19.8 Å². The number of rotatable bonds is 5. The molecule has 164 valence electrons. The average molecular weight is 460 g/mol. The molecule has 4 aromatic rings. The first-order valence-corrected chi connectivity index (χ1v) is 10.6. The summed E-state index contributed by atoms with van der Waals surface area (Å²) in [5.74, 6) is -0.961. The van der Waals surface area contributed by atoms with Crippen LogP contribution >= 0.6 is 11.6 Å². The lowest BCUT2D eigenvalue weighted by molar-refractivity contribution is -0.130. The monoisotopic (exact) mass is 459 g/mol. The lowest BCUT2D eigenvalue weighted by Crippen LogP contribution is -2.53. The van der Waals surface area contributed by atoms with Crippen LogP contribution < -0.4 is 5.32 Å². The minimum atomic E-state index is -0.774. The van der Waals surface area contributed by atoms with E-state index >= 15 is 0 Å². The molecule has 2 aromatic carbocycles. The quantitative estimate of drug-likeness (QED) is 0.349. The molecule has 4 amide bonds. The fourth-order valence-corrected chi connectivity index (χ4v) is 3.98. The molecule has 0 aliphatic carbocycles. The molecule has 1 saturated heterocycles. The number of carbonyl (C=O) groups excluding carboxylic acids is 3. The number of nitrogens with zero attached hydrogens (tertiary/aromatic N) is 2. The van der Waals surface area contributed by atoms with Gasteiger partial charge in [-0.25, -0.2) is 4.79 Å². The van der Waals surface area contributed by atoms with E-state index in [2.05, 4.69) is 5.32 Å². The van der Waals surface area contributed by atoms with Crippen LogP contribution in [0.1, 0.15) is 16.9 Å². The van der Waals surface area contributed by atoms with Gasteiger partial charge in [0.15, 0.2) is 0 Å². The van der Waals surface area contributed by atoms with Gasteiger partial charge in [0.05, 0.1) is 12.8 Å². The van der Waals surface area contributed by atoms with Gasteiger partial charge in [0.2, 0.25) is 0 Å². The van der Waals surface area contributed by atoms with Crippen molar-refractivity contribution < 1.29 is 18.8 Å². The summed E-state index contributed by atoms with van der Waals surface area (Å²) in [6.07, 6.45) is 4.87. The molecular formula is C25H18ClN3O4. The largest absolute Gasteiger partial charge is 0.467 e. The predicted octanol–water partition coefficient (Wildman–Crippen LogP) is 4.60. The van der Waals surface area contributed by atoms with Gasteiger partial charge in [-0.1, -0.05) is 41.9 Å². The molecule has 0 atom stereocenters. The second-order valence-corrected chi connectivity index (χ2v) is 8.08. The third-order valence-electron chi connectivity index (χ3n) is 5.47. The van der Waals surface area contributed by atoms with Gasteiger partial charge in [0, 0.05) is 34.2 Å². The fourth-order valence-electron chi connectivity index (χ4n) is 3.86. The molecule has 1 aliphatic heterocycles. The molecule has 1 N–H and O–H groups in total. The number of halogens is 1. The molecule has 33 heavy (non-hydrogen) atoms. The first-order valence-electron chi connectivity index (χ1n) is 10.2. The van der Waals surface area contributed by atoms with E-state index in [9.17, 15) is 14.4 Å². The van der Waals surface area contributed by atoms with E-state index in [0.29, 0.717) is 22.9 Å². The van der Waals surface area contributed by atoms with Gasteiger partial charge < -0.3 is 8.98 Å². The summed E-state index contributed by atoms with van der Waals surface area (Å²) in [7, 11) is 0. The fraction of sp³-hybridized carbons (Fsp3) is 0.0800. The lowest BCUT2D eigenvalue weighted by atomic mass is 10.1. The first kappa shape index (κ1) is 20.8. The summed E-state index contributed by atoms with van der Waals surface area (Å²) in [5.41, 5.74) is 2.59. The maximum absolute atomic E-state index is 13.1. The van der Waals surface area contributed by atoms with Gasteiger partial charge in [0.1, 0.15) is 11.3 Å². The molecule has 8 heteroatoms. The highest BCUT2D eigenvalue weighted by molar-refractivity contribution is 6.31. The summed E-state index contributed by atoms with van der Waals surface area (Å²) in [6.45, 7) is 0.519. The Kier molecular flexibility index (Phi) is 5.32. The Morgan fingerprint density at radius 3 is 2.48 bits per heavy atom. The second-order valence-electron chi connectivity index (χ2n) is 7.64. The third kappa shape index (κ3) is 4.06. The molecule has 0 unspecified atom stereocenters. The van der Waals surface area contributed by atoms with Crippen LogP contribution in [0.5, 0.6) is 0 Å². The van der Waals surface area contributed by atoms with E-state index < -0.39 is 17.8 Å².